The predicted molar refractivity (Wildman–Crippen MR) is 121 cm³/mol. The number of rotatable bonds is 6. The number of thioether (sulfide) groups is 1. The molecule has 31 heavy (non-hydrogen) atoms. The first kappa shape index (κ1) is 21.6. The number of nitrogens with zero attached hydrogens (tertiary/aromatic N) is 4. The summed E-state index contributed by atoms with van der Waals surface area (Å²) in [5.74, 6) is 1.11. The first-order valence-corrected chi connectivity index (χ1v) is 11.7. The molecule has 8 nitrogen and oxygen atoms in total. The SMILES string of the molecule is CC1NC(SCc2ccccc2)NC(=O)C1CC(=O)N1CCN(c2ncccn2)CC1. The van der Waals surface area contributed by atoms with E-state index in [-0.39, 0.29) is 35.7 Å². The number of piperazine rings is 1. The molecular formula is C22H28N6O2S. The minimum atomic E-state index is -0.364. The lowest BCUT2D eigenvalue weighted by molar-refractivity contribution is -0.138. The molecule has 3 unspecified atom stereocenters. The molecule has 9 heteroatoms. The molecule has 2 saturated heterocycles. The van der Waals surface area contributed by atoms with Crippen LogP contribution in [0, 0.1) is 5.92 Å². The minimum absolute atomic E-state index is 0.0258. The Morgan fingerprint density at radius 3 is 2.48 bits per heavy atom. The van der Waals surface area contributed by atoms with Gasteiger partial charge >= 0.3 is 0 Å². The molecule has 4 rings (SSSR count). The highest BCUT2D eigenvalue weighted by atomic mass is 32.2. The molecular weight excluding hydrogens is 412 g/mol. The van der Waals surface area contributed by atoms with Crippen molar-refractivity contribution in [1.29, 1.82) is 0 Å². The summed E-state index contributed by atoms with van der Waals surface area (Å²) in [6.45, 7) is 4.60. The number of amides is 2. The summed E-state index contributed by atoms with van der Waals surface area (Å²) in [5, 5.41) is 6.46. The maximum atomic E-state index is 12.9. The zero-order chi connectivity index (χ0) is 21.6. The van der Waals surface area contributed by atoms with Crippen LogP contribution in [-0.2, 0) is 15.3 Å². The van der Waals surface area contributed by atoms with Crippen LogP contribution in [-0.4, -0.2) is 64.4 Å². The van der Waals surface area contributed by atoms with Crippen molar-refractivity contribution in [3.63, 3.8) is 0 Å². The molecule has 1 aromatic carbocycles. The minimum Gasteiger partial charge on any atom is -0.339 e. The highest BCUT2D eigenvalue weighted by Gasteiger charge is 2.36. The smallest absolute Gasteiger partial charge is 0.227 e. The molecule has 3 heterocycles. The number of hydrogen-bond acceptors (Lipinski definition) is 7. The van der Waals surface area contributed by atoms with E-state index in [1.165, 1.54) is 5.56 Å². The van der Waals surface area contributed by atoms with Gasteiger partial charge in [-0.05, 0) is 18.6 Å². The fourth-order valence-corrected chi connectivity index (χ4v) is 4.96. The van der Waals surface area contributed by atoms with Crippen molar-refractivity contribution in [2.75, 3.05) is 31.1 Å². The molecule has 2 aliphatic rings. The van der Waals surface area contributed by atoms with Crippen LogP contribution in [0.1, 0.15) is 18.9 Å². The van der Waals surface area contributed by atoms with E-state index in [9.17, 15) is 9.59 Å². The number of anilines is 1. The second kappa shape index (κ2) is 10.1. The van der Waals surface area contributed by atoms with E-state index in [0.29, 0.717) is 32.1 Å². The third kappa shape index (κ3) is 5.54. The van der Waals surface area contributed by atoms with Crippen LogP contribution in [0.15, 0.2) is 48.8 Å². The fourth-order valence-electron chi connectivity index (χ4n) is 3.90. The van der Waals surface area contributed by atoms with Gasteiger partial charge in [-0.3, -0.25) is 14.9 Å². The summed E-state index contributed by atoms with van der Waals surface area (Å²) in [6.07, 6.45) is 3.67. The van der Waals surface area contributed by atoms with Crippen molar-refractivity contribution in [2.24, 2.45) is 5.92 Å². The van der Waals surface area contributed by atoms with E-state index in [0.717, 1.165) is 5.75 Å². The van der Waals surface area contributed by atoms with Gasteiger partial charge in [0, 0.05) is 56.8 Å². The molecule has 164 valence electrons. The number of carbonyl (C=O) groups excluding carboxylic acids is 2. The van der Waals surface area contributed by atoms with Gasteiger partial charge < -0.3 is 15.1 Å². The van der Waals surface area contributed by atoms with Crippen LogP contribution in [0.4, 0.5) is 5.95 Å². The largest absolute Gasteiger partial charge is 0.339 e. The zero-order valence-electron chi connectivity index (χ0n) is 17.6. The van der Waals surface area contributed by atoms with Crippen LogP contribution in [0.25, 0.3) is 0 Å². The second-order valence-corrected chi connectivity index (χ2v) is 8.96. The van der Waals surface area contributed by atoms with Gasteiger partial charge in [-0.2, -0.15) is 0 Å². The van der Waals surface area contributed by atoms with E-state index < -0.39 is 0 Å². The van der Waals surface area contributed by atoms with Crippen molar-refractivity contribution in [3.8, 4) is 0 Å². The Kier molecular flexibility index (Phi) is 7.03. The summed E-state index contributed by atoms with van der Waals surface area (Å²) in [5.41, 5.74) is 1.07. The van der Waals surface area contributed by atoms with Gasteiger partial charge in [0.05, 0.1) is 5.92 Å². The number of carbonyl (C=O) groups is 2. The molecule has 0 aliphatic carbocycles. The van der Waals surface area contributed by atoms with E-state index in [1.54, 1.807) is 30.2 Å². The fraction of sp³-hybridized carbons (Fsp3) is 0.455. The van der Waals surface area contributed by atoms with Crippen LogP contribution in [0.3, 0.4) is 0 Å². The van der Waals surface area contributed by atoms with Crippen molar-refractivity contribution >= 4 is 29.5 Å². The Hall–Kier alpha value is -2.65. The molecule has 0 bridgehead atoms. The lowest BCUT2D eigenvalue weighted by Crippen LogP contribution is -2.60. The highest BCUT2D eigenvalue weighted by Crippen LogP contribution is 2.23. The van der Waals surface area contributed by atoms with Gasteiger partial charge in [0.25, 0.3) is 0 Å². The summed E-state index contributed by atoms with van der Waals surface area (Å²) in [4.78, 5) is 38.1. The van der Waals surface area contributed by atoms with Gasteiger partial charge in [0.15, 0.2) is 0 Å². The zero-order valence-corrected chi connectivity index (χ0v) is 18.4. The topological polar surface area (TPSA) is 90.5 Å². The quantitative estimate of drug-likeness (QED) is 0.703. The Morgan fingerprint density at radius 1 is 1.10 bits per heavy atom. The van der Waals surface area contributed by atoms with E-state index in [4.69, 9.17) is 0 Å². The summed E-state index contributed by atoms with van der Waals surface area (Å²) in [6, 6.07) is 11.9. The van der Waals surface area contributed by atoms with E-state index in [1.807, 2.05) is 30.0 Å². The molecule has 2 aromatic rings. The summed E-state index contributed by atoms with van der Waals surface area (Å²) in [7, 11) is 0. The molecule has 2 fully saturated rings. The Bertz CT molecular complexity index is 876. The van der Waals surface area contributed by atoms with Crippen molar-refractivity contribution < 1.29 is 9.59 Å². The van der Waals surface area contributed by atoms with E-state index in [2.05, 4.69) is 37.6 Å². The average Bonchev–Trinajstić information content (AvgIpc) is 2.81. The predicted octanol–water partition coefficient (Wildman–Crippen LogP) is 1.46. The number of aromatic nitrogens is 2. The van der Waals surface area contributed by atoms with Crippen LogP contribution in [0.5, 0.6) is 0 Å². The molecule has 2 aliphatic heterocycles. The van der Waals surface area contributed by atoms with Gasteiger partial charge in [-0.25, -0.2) is 9.97 Å². The molecule has 1 aromatic heterocycles. The van der Waals surface area contributed by atoms with Gasteiger partial charge in [-0.1, -0.05) is 30.3 Å². The maximum Gasteiger partial charge on any atom is 0.227 e. The van der Waals surface area contributed by atoms with Crippen LogP contribution >= 0.6 is 11.8 Å². The first-order valence-electron chi connectivity index (χ1n) is 10.6. The Labute approximate surface area is 186 Å². The average molecular weight is 441 g/mol. The van der Waals surface area contributed by atoms with Gasteiger partial charge in [-0.15, -0.1) is 11.8 Å². The summed E-state index contributed by atoms with van der Waals surface area (Å²) >= 11 is 1.65. The van der Waals surface area contributed by atoms with Gasteiger partial charge in [0.1, 0.15) is 5.50 Å². The lowest BCUT2D eigenvalue weighted by atomic mass is 9.94. The third-order valence-electron chi connectivity index (χ3n) is 5.75. The van der Waals surface area contributed by atoms with Gasteiger partial charge in [0.2, 0.25) is 17.8 Å². The Morgan fingerprint density at radius 2 is 1.81 bits per heavy atom. The van der Waals surface area contributed by atoms with Crippen LogP contribution < -0.4 is 15.5 Å². The van der Waals surface area contributed by atoms with Crippen LogP contribution in [0.2, 0.25) is 0 Å². The standard InChI is InChI=1S/C22H28N6O2S/c1-16-18(20(30)26-22(25-16)31-15-17-6-3-2-4-7-17)14-19(29)27-10-12-28(13-11-27)21-23-8-5-9-24-21/h2-9,16,18,22,25H,10-15H2,1H3,(H,26,30). The molecule has 2 amide bonds. The molecule has 2 N–H and O–H groups in total. The number of benzene rings is 1. The molecule has 0 saturated carbocycles. The normalized spacial score (nSPS) is 24.0. The van der Waals surface area contributed by atoms with Crippen molar-refractivity contribution in [2.45, 2.75) is 30.6 Å². The second-order valence-electron chi connectivity index (χ2n) is 7.87. The van der Waals surface area contributed by atoms with Crippen molar-refractivity contribution in [1.82, 2.24) is 25.5 Å². The highest BCUT2D eigenvalue weighted by molar-refractivity contribution is 7.99. The number of nitrogens with one attached hydrogen (secondary N) is 2. The van der Waals surface area contributed by atoms with E-state index >= 15 is 0 Å². The monoisotopic (exact) mass is 440 g/mol. The first-order chi connectivity index (χ1) is 15.1. The molecule has 3 atom stereocenters. The maximum absolute atomic E-state index is 12.9. The Balaban J connectivity index is 1.25. The summed E-state index contributed by atoms with van der Waals surface area (Å²) < 4.78 is 0. The molecule has 0 radical (unpaired) electrons. The lowest BCUT2D eigenvalue weighted by Gasteiger charge is -2.38. The molecule has 0 spiro atoms. The van der Waals surface area contributed by atoms with Crippen molar-refractivity contribution in [3.05, 3.63) is 54.4 Å². The third-order valence-corrected chi connectivity index (χ3v) is 6.84. The number of hydrogen-bond donors (Lipinski definition) is 2.